The Bertz CT molecular complexity index is 884. The smallest absolute Gasteiger partial charge is 0.242 e. The summed E-state index contributed by atoms with van der Waals surface area (Å²) in [5.41, 5.74) is 1.08. The molecule has 9 heteroatoms. The van der Waals surface area contributed by atoms with Crippen LogP contribution >= 0.6 is 11.6 Å². The number of carbonyl (C=O) groups excluding carboxylic acids is 1. The Morgan fingerprint density at radius 1 is 0.938 bits per heavy atom. The van der Waals surface area contributed by atoms with E-state index in [-0.39, 0.29) is 11.9 Å². The molecule has 4 rings (SSSR count). The Labute approximate surface area is 194 Å². The highest BCUT2D eigenvalue weighted by Crippen LogP contribution is 2.20. The van der Waals surface area contributed by atoms with Gasteiger partial charge in [0.05, 0.1) is 0 Å². The lowest BCUT2D eigenvalue weighted by Crippen LogP contribution is -2.38. The van der Waals surface area contributed by atoms with Gasteiger partial charge in [-0.15, -0.1) is 0 Å². The van der Waals surface area contributed by atoms with Crippen molar-refractivity contribution in [1.29, 1.82) is 0 Å². The number of benzene rings is 1. The molecule has 2 aliphatic heterocycles. The molecule has 0 radical (unpaired) electrons. The lowest BCUT2D eigenvalue weighted by Gasteiger charge is -2.25. The number of amides is 1. The summed E-state index contributed by atoms with van der Waals surface area (Å²) >= 11 is 6.00. The third-order valence-electron chi connectivity index (χ3n) is 5.97. The van der Waals surface area contributed by atoms with Gasteiger partial charge in [-0.05, 0) is 49.8 Å². The zero-order valence-corrected chi connectivity index (χ0v) is 19.2. The molecule has 0 aliphatic carbocycles. The minimum atomic E-state index is -0.329. The first-order valence-corrected chi connectivity index (χ1v) is 12.1. The second kappa shape index (κ2) is 11.3. The van der Waals surface area contributed by atoms with Gasteiger partial charge in [0.15, 0.2) is 0 Å². The Morgan fingerprint density at radius 2 is 1.66 bits per heavy atom. The maximum atomic E-state index is 12.4. The topological polar surface area (TPSA) is 95.1 Å². The third kappa shape index (κ3) is 6.45. The molecular formula is C23H32ClN7O. The third-order valence-corrected chi connectivity index (χ3v) is 6.22. The van der Waals surface area contributed by atoms with Crippen LogP contribution in [0.15, 0.2) is 24.3 Å². The highest BCUT2D eigenvalue weighted by molar-refractivity contribution is 6.30. The monoisotopic (exact) mass is 457 g/mol. The Balaban J connectivity index is 1.54. The molecule has 2 aromatic rings. The fourth-order valence-electron chi connectivity index (χ4n) is 4.11. The van der Waals surface area contributed by atoms with Crippen molar-refractivity contribution in [1.82, 2.24) is 20.3 Å². The molecule has 0 saturated carbocycles. The van der Waals surface area contributed by atoms with Crippen molar-refractivity contribution >= 4 is 35.4 Å². The molecule has 1 amide bonds. The Hall–Kier alpha value is -2.61. The maximum absolute atomic E-state index is 12.4. The lowest BCUT2D eigenvalue weighted by molar-refractivity contribution is -0.121. The van der Waals surface area contributed by atoms with Crippen LogP contribution in [0.5, 0.6) is 0 Å². The van der Waals surface area contributed by atoms with Crippen molar-refractivity contribution in [3.05, 3.63) is 34.9 Å². The predicted molar refractivity (Wildman–Crippen MR) is 128 cm³/mol. The number of carbonyl (C=O) groups is 1. The van der Waals surface area contributed by atoms with E-state index in [4.69, 9.17) is 21.6 Å². The molecule has 172 valence electrons. The maximum Gasteiger partial charge on any atom is 0.242 e. The van der Waals surface area contributed by atoms with Crippen LogP contribution in [0.3, 0.4) is 0 Å². The molecule has 1 aromatic heterocycles. The number of rotatable bonds is 6. The van der Waals surface area contributed by atoms with Crippen LogP contribution in [0.1, 0.15) is 56.9 Å². The van der Waals surface area contributed by atoms with Gasteiger partial charge in [-0.3, -0.25) is 4.79 Å². The molecule has 0 bridgehead atoms. The van der Waals surface area contributed by atoms with Crippen molar-refractivity contribution in [2.75, 3.05) is 35.2 Å². The Kier molecular flexibility index (Phi) is 7.98. The standard InChI is InChI=1S/C23H32ClN7O/c24-18-11-9-17(10-12-18)16-26-21-28-22(27-19-8-4-5-13-25-20(19)32)30-23(29-21)31-14-6-2-1-3-7-15-31/h9-12,19H,1-8,13-16H2,(H,25,32)(H2,26,27,28,29,30). The van der Waals surface area contributed by atoms with Crippen molar-refractivity contribution in [3.63, 3.8) is 0 Å². The number of halogens is 1. The summed E-state index contributed by atoms with van der Waals surface area (Å²) in [6.07, 6.45) is 8.77. The molecule has 0 spiro atoms. The summed E-state index contributed by atoms with van der Waals surface area (Å²) in [4.78, 5) is 28.7. The molecule has 3 N–H and O–H groups in total. The van der Waals surface area contributed by atoms with Gasteiger partial charge in [-0.2, -0.15) is 15.0 Å². The fraction of sp³-hybridized carbons (Fsp3) is 0.565. The van der Waals surface area contributed by atoms with Crippen molar-refractivity contribution in [2.24, 2.45) is 0 Å². The van der Waals surface area contributed by atoms with Crippen LogP contribution < -0.4 is 20.9 Å². The van der Waals surface area contributed by atoms with Gasteiger partial charge >= 0.3 is 0 Å². The van der Waals surface area contributed by atoms with E-state index in [9.17, 15) is 4.79 Å². The van der Waals surface area contributed by atoms with Gasteiger partial charge in [0, 0.05) is 31.2 Å². The molecule has 8 nitrogen and oxygen atoms in total. The molecule has 2 saturated heterocycles. The van der Waals surface area contributed by atoms with Crippen LogP contribution in [0, 0.1) is 0 Å². The largest absolute Gasteiger partial charge is 0.354 e. The minimum Gasteiger partial charge on any atom is -0.354 e. The first-order valence-electron chi connectivity index (χ1n) is 11.7. The summed E-state index contributed by atoms with van der Waals surface area (Å²) in [6.45, 7) is 3.17. The Morgan fingerprint density at radius 3 is 2.44 bits per heavy atom. The van der Waals surface area contributed by atoms with Crippen LogP contribution in [0.25, 0.3) is 0 Å². The van der Waals surface area contributed by atoms with Gasteiger partial charge in [0.25, 0.3) is 0 Å². The number of aromatic nitrogens is 3. The SMILES string of the molecule is O=C1NCCCCC1Nc1nc(NCc2ccc(Cl)cc2)nc(N2CCCCCCC2)n1. The summed E-state index contributed by atoms with van der Waals surface area (Å²) in [5.74, 6) is 1.62. The van der Waals surface area contributed by atoms with Crippen LogP contribution in [0.2, 0.25) is 5.02 Å². The zero-order valence-electron chi connectivity index (χ0n) is 18.4. The fourth-order valence-corrected chi connectivity index (χ4v) is 4.24. The normalized spacial score (nSPS) is 20.0. The molecule has 1 unspecified atom stereocenters. The summed E-state index contributed by atoms with van der Waals surface area (Å²) < 4.78 is 0. The van der Waals surface area contributed by atoms with E-state index in [1.807, 2.05) is 24.3 Å². The zero-order chi connectivity index (χ0) is 22.2. The highest BCUT2D eigenvalue weighted by atomic mass is 35.5. The average Bonchev–Trinajstić information content (AvgIpc) is 2.97. The molecule has 3 heterocycles. The number of nitrogens with one attached hydrogen (secondary N) is 3. The van der Waals surface area contributed by atoms with E-state index in [0.29, 0.717) is 29.4 Å². The molecule has 2 fully saturated rings. The first-order chi connectivity index (χ1) is 15.7. The highest BCUT2D eigenvalue weighted by Gasteiger charge is 2.23. The van der Waals surface area contributed by atoms with Gasteiger partial charge in [0.2, 0.25) is 23.8 Å². The van der Waals surface area contributed by atoms with Crippen LogP contribution in [-0.4, -0.2) is 46.5 Å². The van der Waals surface area contributed by atoms with Gasteiger partial charge in [0.1, 0.15) is 6.04 Å². The van der Waals surface area contributed by atoms with Crippen LogP contribution in [-0.2, 0) is 11.3 Å². The van der Waals surface area contributed by atoms with E-state index >= 15 is 0 Å². The summed E-state index contributed by atoms with van der Waals surface area (Å²) in [6, 6.07) is 7.37. The van der Waals surface area contributed by atoms with E-state index < -0.39 is 0 Å². The van der Waals surface area contributed by atoms with Crippen molar-refractivity contribution in [2.45, 2.75) is 64.0 Å². The number of hydrogen-bond donors (Lipinski definition) is 3. The number of nitrogens with zero attached hydrogens (tertiary/aromatic N) is 4. The first kappa shape index (κ1) is 22.6. The summed E-state index contributed by atoms with van der Waals surface area (Å²) in [5, 5.41) is 10.3. The quantitative estimate of drug-likeness (QED) is 0.603. The number of hydrogen-bond acceptors (Lipinski definition) is 7. The second-order valence-corrected chi connectivity index (χ2v) is 8.94. The van der Waals surface area contributed by atoms with Gasteiger partial charge in [-0.1, -0.05) is 43.0 Å². The van der Waals surface area contributed by atoms with Crippen molar-refractivity contribution in [3.8, 4) is 0 Å². The molecule has 1 atom stereocenters. The molecule has 1 aromatic carbocycles. The average molecular weight is 458 g/mol. The van der Waals surface area contributed by atoms with Gasteiger partial charge in [-0.25, -0.2) is 0 Å². The van der Waals surface area contributed by atoms with Crippen molar-refractivity contribution < 1.29 is 4.79 Å². The summed E-state index contributed by atoms with van der Waals surface area (Å²) in [7, 11) is 0. The molecule has 2 aliphatic rings. The number of anilines is 3. The second-order valence-electron chi connectivity index (χ2n) is 8.50. The minimum absolute atomic E-state index is 0.00592. The van der Waals surface area contributed by atoms with E-state index in [0.717, 1.165) is 57.3 Å². The van der Waals surface area contributed by atoms with Crippen LogP contribution in [0.4, 0.5) is 17.8 Å². The predicted octanol–water partition coefficient (Wildman–Crippen LogP) is 3.99. The lowest BCUT2D eigenvalue weighted by atomic mass is 10.1. The molecular weight excluding hydrogens is 426 g/mol. The molecule has 32 heavy (non-hydrogen) atoms. The van der Waals surface area contributed by atoms with E-state index in [1.165, 1.54) is 19.3 Å². The van der Waals surface area contributed by atoms with Gasteiger partial charge < -0.3 is 20.9 Å². The van der Waals surface area contributed by atoms with E-state index in [2.05, 4.69) is 25.8 Å². The van der Waals surface area contributed by atoms with E-state index in [1.54, 1.807) is 0 Å².